The summed E-state index contributed by atoms with van der Waals surface area (Å²) in [6.07, 6.45) is 5.87. The van der Waals surface area contributed by atoms with Gasteiger partial charge >= 0.3 is 0 Å². The van der Waals surface area contributed by atoms with Crippen LogP contribution in [0.15, 0.2) is 70.8 Å². The van der Waals surface area contributed by atoms with E-state index in [4.69, 9.17) is 20.7 Å². The third kappa shape index (κ3) is 3.67. The van der Waals surface area contributed by atoms with Gasteiger partial charge in [-0.25, -0.2) is 29.6 Å². The predicted octanol–water partition coefficient (Wildman–Crippen LogP) is 3.20. The number of benzene rings is 1. The van der Waals surface area contributed by atoms with Crippen LogP contribution in [0, 0.1) is 0 Å². The fraction of sp³-hybridized carbons (Fsp3) is 0.321. The molecule has 38 heavy (non-hydrogen) atoms. The lowest BCUT2D eigenvalue weighted by molar-refractivity contribution is 0.245. The van der Waals surface area contributed by atoms with E-state index < -0.39 is 0 Å². The number of hydrogen-bond acceptors (Lipinski definition) is 9. The lowest BCUT2D eigenvalue weighted by Gasteiger charge is -2.43. The topological polar surface area (TPSA) is 104 Å². The van der Waals surface area contributed by atoms with Crippen LogP contribution in [0.2, 0.25) is 0 Å². The Morgan fingerprint density at radius 1 is 0.921 bits per heavy atom. The summed E-state index contributed by atoms with van der Waals surface area (Å²) in [5.41, 5.74) is 10.8. The summed E-state index contributed by atoms with van der Waals surface area (Å²) >= 11 is 0. The van der Waals surface area contributed by atoms with Crippen LogP contribution >= 0.6 is 0 Å². The van der Waals surface area contributed by atoms with Crippen molar-refractivity contribution in [2.75, 3.05) is 30.9 Å². The highest BCUT2D eigenvalue weighted by atomic mass is 15.6. The Labute approximate surface area is 221 Å². The number of guanidine groups is 1. The smallest absolute Gasteiger partial charge is 0.224 e. The predicted molar refractivity (Wildman–Crippen MR) is 150 cm³/mol. The number of pyridine rings is 2. The molecule has 7 rings (SSSR count). The minimum Gasteiger partial charge on any atom is -0.383 e. The van der Waals surface area contributed by atoms with Crippen LogP contribution in [-0.2, 0) is 0 Å². The first-order chi connectivity index (χ1) is 18.6. The molecule has 3 unspecified atom stereocenters. The van der Waals surface area contributed by atoms with Gasteiger partial charge in [-0.05, 0) is 44.0 Å². The number of aromatic nitrogens is 4. The highest BCUT2D eigenvalue weighted by Crippen LogP contribution is 2.35. The summed E-state index contributed by atoms with van der Waals surface area (Å²) in [5.74, 6) is 2.07. The van der Waals surface area contributed by atoms with Crippen molar-refractivity contribution in [3.63, 3.8) is 0 Å². The third-order valence-electron chi connectivity index (χ3n) is 7.85. The Morgan fingerprint density at radius 2 is 1.71 bits per heavy atom. The Kier molecular flexibility index (Phi) is 5.27. The van der Waals surface area contributed by atoms with Crippen molar-refractivity contribution in [2.24, 2.45) is 9.98 Å². The van der Waals surface area contributed by atoms with Gasteiger partial charge in [0.15, 0.2) is 11.5 Å². The number of imidazole rings is 1. The van der Waals surface area contributed by atoms with E-state index in [1.54, 1.807) is 6.20 Å². The first-order valence-electron chi connectivity index (χ1n) is 13.1. The molecule has 0 aliphatic carbocycles. The van der Waals surface area contributed by atoms with Gasteiger partial charge in [0, 0.05) is 18.8 Å². The number of nitrogen functional groups attached to an aromatic ring is 1. The van der Waals surface area contributed by atoms with Gasteiger partial charge in [0.25, 0.3) is 0 Å². The molecular formula is C28H30N10. The zero-order valence-corrected chi connectivity index (χ0v) is 21.5. The van der Waals surface area contributed by atoms with Crippen LogP contribution in [0.25, 0.3) is 33.8 Å². The SMILES string of the molecule is CC1N=C(N2C3CCC2CN(n2c(-c4cccnc4N)nc4ccc(-c5ccccc5)nc42)C3)N=CN1C. The fourth-order valence-corrected chi connectivity index (χ4v) is 5.80. The second-order valence-corrected chi connectivity index (χ2v) is 10.2. The molecule has 0 radical (unpaired) electrons. The second kappa shape index (κ2) is 8.83. The minimum absolute atomic E-state index is 0.0817. The van der Waals surface area contributed by atoms with Crippen molar-refractivity contribution >= 4 is 29.3 Å². The Hall–Kier alpha value is -4.47. The molecule has 2 bridgehead atoms. The van der Waals surface area contributed by atoms with Crippen molar-refractivity contribution in [1.29, 1.82) is 0 Å². The van der Waals surface area contributed by atoms with Crippen LogP contribution in [0.4, 0.5) is 5.82 Å². The van der Waals surface area contributed by atoms with Gasteiger partial charge in [0.05, 0.1) is 42.8 Å². The zero-order valence-electron chi connectivity index (χ0n) is 21.5. The number of piperazine rings is 1. The van der Waals surface area contributed by atoms with Crippen molar-refractivity contribution < 1.29 is 0 Å². The zero-order chi connectivity index (χ0) is 25.8. The number of nitrogens with two attached hydrogens (primary N) is 1. The highest BCUT2D eigenvalue weighted by Gasteiger charge is 2.43. The standard InChI is InChI=1S/C28H30N10/c1-18-32-28(31-17-35(18)2)37-20-10-11-21(37)16-36(15-20)38-26(22-9-6-14-30-25(22)29)34-24-13-12-23(33-27(24)38)19-7-4-3-5-8-19/h3-9,12-14,17-18,20-21H,10-11,15-16H2,1-2H3,(H2,29,30). The number of hydrogen-bond donors (Lipinski definition) is 1. The van der Waals surface area contributed by atoms with Gasteiger partial charge in [-0.1, -0.05) is 30.3 Å². The normalized spacial score (nSPS) is 22.8. The van der Waals surface area contributed by atoms with Crippen LogP contribution in [0.1, 0.15) is 19.8 Å². The molecule has 0 saturated carbocycles. The van der Waals surface area contributed by atoms with Crippen molar-refractivity contribution in [1.82, 2.24) is 29.4 Å². The monoisotopic (exact) mass is 506 g/mol. The van der Waals surface area contributed by atoms with Gasteiger partial charge in [-0.15, -0.1) is 0 Å². The number of fused-ring (bicyclic) bond motifs is 3. The summed E-state index contributed by atoms with van der Waals surface area (Å²) in [6, 6.07) is 18.8. The van der Waals surface area contributed by atoms with Crippen molar-refractivity contribution in [3.05, 3.63) is 60.8 Å². The van der Waals surface area contributed by atoms with Gasteiger partial charge in [0.2, 0.25) is 5.96 Å². The second-order valence-electron chi connectivity index (χ2n) is 10.2. The quantitative estimate of drug-likeness (QED) is 0.455. The van der Waals surface area contributed by atoms with E-state index in [0.29, 0.717) is 17.9 Å². The van der Waals surface area contributed by atoms with Crippen LogP contribution in [0.3, 0.4) is 0 Å². The van der Waals surface area contributed by atoms with E-state index >= 15 is 0 Å². The fourth-order valence-electron chi connectivity index (χ4n) is 5.80. The average Bonchev–Trinajstić information content (AvgIpc) is 3.44. The van der Waals surface area contributed by atoms with Crippen LogP contribution < -0.4 is 10.7 Å². The minimum atomic E-state index is 0.0817. The van der Waals surface area contributed by atoms with Crippen LogP contribution in [-0.4, -0.2) is 80.1 Å². The maximum Gasteiger partial charge on any atom is 0.224 e. The summed E-state index contributed by atoms with van der Waals surface area (Å²) in [6.45, 7) is 3.72. The molecule has 6 heterocycles. The maximum atomic E-state index is 6.36. The maximum absolute atomic E-state index is 6.36. The lowest BCUT2D eigenvalue weighted by Crippen LogP contribution is -2.59. The number of anilines is 1. The third-order valence-corrected chi connectivity index (χ3v) is 7.85. The van der Waals surface area contributed by atoms with E-state index in [-0.39, 0.29) is 6.17 Å². The molecule has 1 aromatic carbocycles. The molecule has 4 aromatic rings. The molecule has 3 aliphatic rings. The summed E-state index contributed by atoms with van der Waals surface area (Å²) in [4.78, 5) is 28.5. The molecule has 0 spiro atoms. The number of nitrogens with zero attached hydrogens (tertiary/aromatic N) is 9. The molecule has 3 aliphatic heterocycles. The van der Waals surface area contributed by atoms with Crippen molar-refractivity contribution in [3.8, 4) is 22.6 Å². The number of aliphatic imine (C=N–C) groups is 2. The molecule has 3 aromatic heterocycles. The molecule has 2 N–H and O–H groups in total. The molecule has 3 atom stereocenters. The lowest BCUT2D eigenvalue weighted by atomic mass is 10.1. The Morgan fingerprint density at radius 3 is 2.45 bits per heavy atom. The first kappa shape index (κ1) is 22.7. The molecule has 2 fully saturated rings. The van der Waals surface area contributed by atoms with Crippen LogP contribution in [0.5, 0.6) is 0 Å². The summed E-state index contributed by atoms with van der Waals surface area (Å²) in [5, 5.41) is 2.38. The Balaban J connectivity index is 1.32. The molecule has 192 valence electrons. The largest absolute Gasteiger partial charge is 0.383 e. The van der Waals surface area contributed by atoms with Gasteiger partial charge in [-0.3, -0.25) is 0 Å². The average molecular weight is 507 g/mol. The van der Waals surface area contributed by atoms with Gasteiger partial charge in [-0.2, -0.15) is 0 Å². The van der Waals surface area contributed by atoms with Crippen molar-refractivity contribution in [2.45, 2.75) is 38.0 Å². The van der Waals surface area contributed by atoms with E-state index in [2.05, 4.69) is 43.6 Å². The van der Waals surface area contributed by atoms with E-state index in [1.807, 2.05) is 60.8 Å². The van der Waals surface area contributed by atoms with E-state index in [0.717, 1.165) is 65.7 Å². The van der Waals surface area contributed by atoms with E-state index in [9.17, 15) is 0 Å². The molecular weight excluding hydrogens is 476 g/mol. The molecule has 10 nitrogen and oxygen atoms in total. The summed E-state index contributed by atoms with van der Waals surface area (Å²) < 4.78 is 2.17. The van der Waals surface area contributed by atoms with Gasteiger partial charge in [0.1, 0.15) is 17.5 Å². The Bertz CT molecular complexity index is 1540. The molecule has 0 amide bonds. The highest BCUT2D eigenvalue weighted by molar-refractivity contribution is 5.90. The van der Waals surface area contributed by atoms with E-state index in [1.165, 1.54) is 0 Å². The first-order valence-corrected chi connectivity index (χ1v) is 13.1. The summed E-state index contributed by atoms with van der Waals surface area (Å²) in [7, 11) is 2.01. The van der Waals surface area contributed by atoms with Gasteiger partial charge < -0.3 is 20.5 Å². The number of rotatable bonds is 3. The molecule has 10 heteroatoms. The molecule has 2 saturated heterocycles.